The Morgan fingerprint density at radius 2 is 2.09 bits per heavy atom. The lowest BCUT2D eigenvalue weighted by atomic mass is 10.1. The van der Waals surface area contributed by atoms with Crippen LogP contribution in [0.1, 0.15) is 18.4 Å². The Morgan fingerprint density at radius 1 is 1.36 bits per heavy atom. The van der Waals surface area contributed by atoms with Gasteiger partial charge in [0.1, 0.15) is 6.61 Å². The zero-order valence-electron chi connectivity index (χ0n) is 12.2. The molecule has 7 heteroatoms. The summed E-state index contributed by atoms with van der Waals surface area (Å²) in [6, 6.07) is 9.20. The summed E-state index contributed by atoms with van der Waals surface area (Å²) in [6.07, 6.45) is 0.751. The first-order chi connectivity index (χ1) is 10.6. The lowest BCUT2D eigenvalue weighted by Gasteiger charge is -2.30. The molecule has 6 nitrogen and oxygen atoms in total. The molecule has 0 spiro atoms. The van der Waals surface area contributed by atoms with E-state index in [0.717, 1.165) is 17.3 Å². The van der Waals surface area contributed by atoms with E-state index in [9.17, 15) is 14.7 Å². The Kier molecular flexibility index (Phi) is 5.82. The molecule has 0 aliphatic carbocycles. The van der Waals surface area contributed by atoms with Crippen LogP contribution < -0.4 is 5.73 Å². The minimum atomic E-state index is -1.87. The Bertz CT molecular complexity index is 526. The molecule has 1 aromatic carbocycles. The predicted octanol–water partition coefficient (Wildman–Crippen LogP) is 1.33. The summed E-state index contributed by atoms with van der Waals surface area (Å²) in [5, 5.41) is 10.2. The zero-order chi connectivity index (χ0) is 16.0. The highest BCUT2D eigenvalue weighted by molar-refractivity contribution is 8.13. The normalized spacial score (nSPS) is 20.9. The van der Waals surface area contributed by atoms with Gasteiger partial charge in [0.25, 0.3) is 5.24 Å². The smallest absolute Gasteiger partial charge is 0.360 e. The maximum Gasteiger partial charge on any atom is 0.360 e. The number of esters is 1. The van der Waals surface area contributed by atoms with Crippen LogP contribution in [0.4, 0.5) is 4.79 Å². The van der Waals surface area contributed by atoms with Crippen LogP contribution in [-0.4, -0.2) is 45.8 Å². The predicted molar refractivity (Wildman–Crippen MR) is 84.0 cm³/mol. The number of benzene rings is 1. The number of nitrogens with two attached hydrogens (primary N) is 1. The van der Waals surface area contributed by atoms with E-state index in [2.05, 4.69) is 0 Å². The molecule has 2 rings (SSSR count). The van der Waals surface area contributed by atoms with Gasteiger partial charge in [-0.05, 0) is 12.0 Å². The standard InChI is InChI=1S/C15H20N2O4S/c16-8-10-22-14(19)17-9-4-7-15(17,20)13(18)21-11-12-5-2-1-3-6-12/h1-3,5-6,20H,4,7-11,16H2. The van der Waals surface area contributed by atoms with Gasteiger partial charge in [-0.3, -0.25) is 9.69 Å². The third-order valence-electron chi connectivity index (χ3n) is 3.46. The summed E-state index contributed by atoms with van der Waals surface area (Å²) in [4.78, 5) is 25.5. The molecule has 1 heterocycles. The number of likely N-dealkylation sites (tertiary alicyclic amines) is 1. The fraction of sp³-hybridized carbons (Fsp3) is 0.467. The highest BCUT2D eigenvalue weighted by Crippen LogP contribution is 2.31. The van der Waals surface area contributed by atoms with Gasteiger partial charge in [-0.1, -0.05) is 42.1 Å². The minimum Gasteiger partial charge on any atom is -0.457 e. The van der Waals surface area contributed by atoms with Crippen molar-refractivity contribution >= 4 is 23.0 Å². The third-order valence-corrected chi connectivity index (χ3v) is 4.36. The monoisotopic (exact) mass is 324 g/mol. The second kappa shape index (κ2) is 7.62. The molecule has 1 amide bonds. The molecule has 1 fully saturated rings. The van der Waals surface area contributed by atoms with E-state index in [1.54, 1.807) is 0 Å². The van der Waals surface area contributed by atoms with Crippen LogP contribution in [0.5, 0.6) is 0 Å². The van der Waals surface area contributed by atoms with Crippen LogP contribution >= 0.6 is 11.8 Å². The summed E-state index contributed by atoms with van der Waals surface area (Å²) in [6.45, 7) is 0.772. The van der Waals surface area contributed by atoms with Gasteiger partial charge in [0.2, 0.25) is 5.72 Å². The number of thioether (sulfide) groups is 1. The third kappa shape index (κ3) is 3.79. The van der Waals surface area contributed by atoms with Crippen LogP contribution in [0, 0.1) is 0 Å². The Labute approximate surface area is 133 Å². The van der Waals surface area contributed by atoms with Crippen molar-refractivity contribution in [1.29, 1.82) is 0 Å². The molecule has 0 aromatic heterocycles. The number of aliphatic hydroxyl groups is 1. The van der Waals surface area contributed by atoms with E-state index in [1.165, 1.54) is 4.90 Å². The van der Waals surface area contributed by atoms with E-state index < -0.39 is 11.7 Å². The van der Waals surface area contributed by atoms with Gasteiger partial charge in [0.05, 0.1) is 0 Å². The summed E-state index contributed by atoms with van der Waals surface area (Å²) < 4.78 is 5.18. The average Bonchev–Trinajstić information content (AvgIpc) is 2.94. The van der Waals surface area contributed by atoms with Crippen LogP contribution in [0.15, 0.2) is 30.3 Å². The molecular formula is C15H20N2O4S. The van der Waals surface area contributed by atoms with Gasteiger partial charge >= 0.3 is 5.97 Å². The Balaban J connectivity index is 1.98. The topological polar surface area (TPSA) is 92.9 Å². The van der Waals surface area contributed by atoms with E-state index in [-0.39, 0.29) is 18.3 Å². The van der Waals surface area contributed by atoms with Crippen LogP contribution in [-0.2, 0) is 16.1 Å². The molecule has 1 atom stereocenters. The van der Waals surface area contributed by atoms with Crippen molar-refractivity contribution in [2.45, 2.75) is 25.2 Å². The number of carbonyl (C=O) groups is 2. The van der Waals surface area contributed by atoms with Crippen molar-refractivity contribution in [2.24, 2.45) is 5.73 Å². The van der Waals surface area contributed by atoms with E-state index >= 15 is 0 Å². The second-order valence-electron chi connectivity index (χ2n) is 5.04. The molecule has 120 valence electrons. The molecule has 1 aliphatic heterocycles. The molecule has 0 saturated carbocycles. The van der Waals surface area contributed by atoms with Crippen LogP contribution in [0.2, 0.25) is 0 Å². The number of hydrogen-bond acceptors (Lipinski definition) is 6. The summed E-state index contributed by atoms with van der Waals surface area (Å²) in [5.41, 5.74) is 4.33. The number of amides is 1. The lowest BCUT2D eigenvalue weighted by molar-refractivity contribution is -0.179. The molecule has 1 aliphatic rings. The van der Waals surface area contributed by atoms with Crippen molar-refractivity contribution < 1.29 is 19.4 Å². The minimum absolute atomic E-state index is 0.0694. The molecule has 3 N–H and O–H groups in total. The van der Waals surface area contributed by atoms with Gasteiger partial charge in [0, 0.05) is 25.3 Å². The molecule has 1 saturated heterocycles. The van der Waals surface area contributed by atoms with Crippen molar-refractivity contribution in [3.63, 3.8) is 0 Å². The van der Waals surface area contributed by atoms with E-state index in [1.807, 2.05) is 30.3 Å². The maximum atomic E-state index is 12.2. The highest BCUT2D eigenvalue weighted by atomic mass is 32.2. The molecule has 22 heavy (non-hydrogen) atoms. The van der Waals surface area contributed by atoms with Crippen molar-refractivity contribution in [3.05, 3.63) is 35.9 Å². The molecule has 1 unspecified atom stereocenters. The number of rotatable bonds is 5. The van der Waals surface area contributed by atoms with Crippen LogP contribution in [0.25, 0.3) is 0 Å². The number of nitrogens with zero attached hydrogens (tertiary/aromatic N) is 1. The number of hydrogen-bond donors (Lipinski definition) is 2. The summed E-state index contributed by atoms with van der Waals surface area (Å²) in [7, 11) is 0. The number of carbonyl (C=O) groups excluding carboxylic acids is 2. The van der Waals surface area contributed by atoms with Gasteiger partial charge < -0.3 is 15.6 Å². The fourth-order valence-corrected chi connectivity index (χ4v) is 3.01. The Hall–Kier alpha value is -1.57. The first-order valence-electron chi connectivity index (χ1n) is 7.16. The summed E-state index contributed by atoms with van der Waals surface area (Å²) in [5.74, 6) is -0.333. The van der Waals surface area contributed by atoms with Crippen molar-refractivity contribution in [3.8, 4) is 0 Å². The van der Waals surface area contributed by atoms with Crippen molar-refractivity contribution in [1.82, 2.24) is 4.90 Å². The average molecular weight is 324 g/mol. The molecule has 0 radical (unpaired) electrons. The maximum absolute atomic E-state index is 12.2. The molecule has 1 aromatic rings. The zero-order valence-corrected chi connectivity index (χ0v) is 13.1. The first-order valence-corrected chi connectivity index (χ1v) is 8.14. The fourth-order valence-electron chi connectivity index (χ4n) is 2.32. The van der Waals surface area contributed by atoms with Crippen LogP contribution in [0.3, 0.4) is 0 Å². The largest absolute Gasteiger partial charge is 0.457 e. The number of ether oxygens (including phenoxy) is 1. The van der Waals surface area contributed by atoms with Gasteiger partial charge in [-0.15, -0.1) is 0 Å². The summed E-state index contributed by atoms with van der Waals surface area (Å²) >= 11 is 1.00. The Morgan fingerprint density at radius 3 is 2.77 bits per heavy atom. The van der Waals surface area contributed by atoms with Crippen molar-refractivity contribution in [2.75, 3.05) is 18.8 Å². The highest BCUT2D eigenvalue weighted by Gasteiger charge is 2.49. The quantitative estimate of drug-likeness (QED) is 0.794. The molecule has 0 bridgehead atoms. The second-order valence-corrected chi connectivity index (χ2v) is 6.08. The van der Waals surface area contributed by atoms with Gasteiger partial charge in [-0.2, -0.15) is 0 Å². The lowest BCUT2D eigenvalue weighted by Crippen LogP contribution is -2.52. The van der Waals surface area contributed by atoms with Gasteiger partial charge in [-0.25, -0.2) is 4.79 Å². The first kappa shape index (κ1) is 16.8. The SMILES string of the molecule is NCCSC(=O)N1CCCC1(O)C(=O)OCc1ccccc1. The molecular weight excluding hydrogens is 304 g/mol. The van der Waals surface area contributed by atoms with E-state index in [0.29, 0.717) is 25.3 Å². The van der Waals surface area contributed by atoms with Gasteiger partial charge in [0.15, 0.2) is 0 Å². The van der Waals surface area contributed by atoms with E-state index in [4.69, 9.17) is 10.5 Å².